The van der Waals surface area contributed by atoms with Gasteiger partial charge in [0.25, 0.3) is 0 Å². The summed E-state index contributed by atoms with van der Waals surface area (Å²) >= 11 is 0. The van der Waals surface area contributed by atoms with Crippen LogP contribution < -0.4 is 6.15 Å². The molecule has 0 bridgehead atoms. The Morgan fingerprint density at radius 2 is 1.75 bits per heavy atom. The molecule has 1 unspecified atom stereocenters. The summed E-state index contributed by atoms with van der Waals surface area (Å²) in [4.78, 5) is 0. The fourth-order valence-electron chi connectivity index (χ4n) is 0.911. The van der Waals surface area contributed by atoms with Gasteiger partial charge in [-0.15, -0.1) is 12.4 Å². The maximum atomic E-state index is 9.33. The lowest BCUT2D eigenvalue weighted by Crippen LogP contribution is -1.93. The Bertz CT molecular complexity index is 191. The molecule has 4 N–H and O–H groups in total. The van der Waals surface area contributed by atoms with Crippen molar-refractivity contribution < 1.29 is 5.11 Å². The molecule has 12 heavy (non-hydrogen) atoms. The molecule has 0 heterocycles. The van der Waals surface area contributed by atoms with E-state index < -0.39 is 0 Å². The largest absolute Gasteiger partial charge is 0.388 e. The Hall–Kier alpha value is -0.570. The van der Waals surface area contributed by atoms with E-state index in [0.717, 1.165) is 12.0 Å². The van der Waals surface area contributed by atoms with E-state index in [4.69, 9.17) is 0 Å². The Labute approximate surface area is 79.6 Å². The highest BCUT2D eigenvalue weighted by Crippen LogP contribution is 2.14. The van der Waals surface area contributed by atoms with Crippen molar-refractivity contribution in [2.24, 2.45) is 0 Å². The molecule has 0 aliphatic rings. The highest BCUT2D eigenvalue weighted by Gasteiger charge is 2.00. The van der Waals surface area contributed by atoms with Crippen molar-refractivity contribution in [1.29, 1.82) is 0 Å². The number of hydrogen-bond acceptors (Lipinski definition) is 2. The van der Waals surface area contributed by atoms with Crippen LogP contribution in [-0.4, -0.2) is 5.11 Å². The Morgan fingerprint density at radius 1 is 1.25 bits per heavy atom. The second-order valence-corrected chi connectivity index (χ2v) is 2.33. The predicted molar refractivity (Wildman–Crippen MR) is 54.0 cm³/mol. The molecule has 1 rings (SSSR count). The zero-order chi connectivity index (χ0) is 7.40. The highest BCUT2D eigenvalue weighted by molar-refractivity contribution is 5.85. The number of benzene rings is 1. The van der Waals surface area contributed by atoms with Crippen LogP contribution in [0.25, 0.3) is 0 Å². The molecule has 0 saturated heterocycles. The molecule has 0 radical (unpaired) electrons. The third-order valence-electron chi connectivity index (χ3n) is 1.57. The number of aliphatic hydroxyl groups is 1. The molecule has 0 aliphatic heterocycles. The van der Waals surface area contributed by atoms with Crippen LogP contribution in [0, 0.1) is 0 Å². The molecule has 0 amide bonds. The number of rotatable bonds is 2. The van der Waals surface area contributed by atoms with Crippen molar-refractivity contribution in [3.63, 3.8) is 0 Å². The summed E-state index contributed by atoms with van der Waals surface area (Å²) in [6.45, 7) is 1.97. The van der Waals surface area contributed by atoms with Crippen LogP contribution in [0.3, 0.4) is 0 Å². The molecule has 2 nitrogen and oxygen atoms in total. The van der Waals surface area contributed by atoms with Gasteiger partial charge < -0.3 is 11.3 Å². The highest BCUT2D eigenvalue weighted by atomic mass is 35.5. The molecule has 3 heteroatoms. The molecular formula is C9H16ClNO. The van der Waals surface area contributed by atoms with Crippen LogP contribution in [0.4, 0.5) is 0 Å². The maximum Gasteiger partial charge on any atom is 0.0787 e. The normalized spacial score (nSPS) is 10.8. The predicted octanol–water partition coefficient (Wildman–Crippen LogP) is 2.71. The van der Waals surface area contributed by atoms with Crippen LogP contribution in [0.2, 0.25) is 0 Å². The summed E-state index contributed by atoms with van der Waals surface area (Å²) in [6.07, 6.45) is 0.491. The minimum absolute atomic E-state index is 0. The van der Waals surface area contributed by atoms with Gasteiger partial charge in [0, 0.05) is 0 Å². The number of halogens is 1. The molecule has 0 aromatic heterocycles. The SMILES string of the molecule is CCC(O)c1ccccc1.Cl.N. The number of hydrogen-bond donors (Lipinski definition) is 2. The van der Waals surface area contributed by atoms with E-state index >= 15 is 0 Å². The zero-order valence-corrected chi connectivity index (χ0v) is 8.05. The summed E-state index contributed by atoms with van der Waals surface area (Å²) in [6, 6.07) is 9.70. The zero-order valence-electron chi connectivity index (χ0n) is 7.23. The lowest BCUT2D eigenvalue weighted by Gasteiger charge is -2.05. The van der Waals surface area contributed by atoms with Crippen LogP contribution in [0.15, 0.2) is 30.3 Å². The van der Waals surface area contributed by atoms with Crippen molar-refractivity contribution in [1.82, 2.24) is 6.15 Å². The maximum absolute atomic E-state index is 9.33. The summed E-state index contributed by atoms with van der Waals surface area (Å²) in [5.74, 6) is 0. The van der Waals surface area contributed by atoms with E-state index in [0.29, 0.717) is 0 Å². The van der Waals surface area contributed by atoms with Gasteiger partial charge in [-0.25, -0.2) is 0 Å². The second-order valence-electron chi connectivity index (χ2n) is 2.33. The first kappa shape index (κ1) is 14.0. The van der Waals surface area contributed by atoms with Gasteiger partial charge in [-0.3, -0.25) is 0 Å². The van der Waals surface area contributed by atoms with Crippen LogP contribution in [0.5, 0.6) is 0 Å². The van der Waals surface area contributed by atoms with E-state index in [1.54, 1.807) is 0 Å². The van der Waals surface area contributed by atoms with Crippen molar-refractivity contribution in [2.45, 2.75) is 19.4 Å². The van der Waals surface area contributed by atoms with Crippen LogP contribution in [-0.2, 0) is 0 Å². The quantitative estimate of drug-likeness (QED) is 0.752. The smallest absolute Gasteiger partial charge is 0.0787 e. The first-order valence-corrected chi connectivity index (χ1v) is 3.57. The molecule has 0 saturated carbocycles. The van der Waals surface area contributed by atoms with Crippen molar-refractivity contribution in [3.05, 3.63) is 35.9 Å². The van der Waals surface area contributed by atoms with Gasteiger partial charge in [-0.05, 0) is 12.0 Å². The van der Waals surface area contributed by atoms with E-state index in [2.05, 4.69) is 0 Å². The Balaban J connectivity index is 0. The Morgan fingerprint density at radius 3 is 2.17 bits per heavy atom. The fraction of sp³-hybridized carbons (Fsp3) is 0.333. The van der Waals surface area contributed by atoms with E-state index in [9.17, 15) is 5.11 Å². The molecule has 0 fully saturated rings. The minimum atomic E-state index is -0.291. The average Bonchev–Trinajstić information content (AvgIpc) is 2.05. The van der Waals surface area contributed by atoms with Gasteiger partial charge >= 0.3 is 0 Å². The molecule has 70 valence electrons. The second kappa shape index (κ2) is 7.10. The van der Waals surface area contributed by atoms with Gasteiger partial charge in [0.05, 0.1) is 6.10 Å². The first-order valence-electron chi connectivity index (χ1n) is 3.57. The van der Waals surface area contributed by atoms with Gasteiger partial charge in [0.1, 0.15) is 0 Å². The van der Waals surface area contributed by atoms with E-state index in [-0.39, 0.29) is 24.7 Å². The minimum Gasteiger partial charge on any atom is -0.388 e. The third kappa shape index (κ3) is 3.72. The van der Waals surface area contributed by atoms with Gasteiger partial charge in [0.2, 0.25) is 0 Å². The molecular weight excluding hydrogens is 174 g/mol. The van der Waals surface area contributed by atoms with Crippen molar-refractivity contribution >= 4 is 12.4 Å². The van der Waals surface area contributed by atoms with E-state index in [1.165, 1.54) is 0 Å². The molecule has 1 aromatic carbocycles. The van der Waals surface area contributed by atoms with Gasteiger partial charge in [-0.2, -0.15) is 0 Å². The monoisotopic (exact) mass is 189 g/mol. The molecule has 1 atom stereocenters. The van der Waals surface area contributed by atoms with Crippen LogP contribution >= 0.6 is 12.4 Å². The standard InChI is InChI=1S/C9H12O.ClH.H3N/c1-2-9(10)8-6-4-3-5-7-8;;/h3-7,9-10H,2H2,1H3;1H;1H3. The summed E-state index contributed by atoms with van der Waals surface area (Å²) in [7, 11) is 0. The van der Waals surface area contributed by atoms with Gasteiger partial charge in [-0.1, -0.05) is 37.3 Å². The summed E-state index contributed by atoms with van der Waals surface area (Å²) in [5.41, 5.74) is 1.00. The first-order chi connectivity index (χ1) is 4.84. The summed E-state index contributed by atoms with van der Waals surface area (Å²) in [5, 5.41) is 9.33. The molecule has 0 spiro atoms. The lowest BCUT2D eigenvalue weighted by atomic mass is 10.1. The number of aliphatic hydroxyl groups excluding tert-OH is 1. The van der Waals surface area contributed by atoms with Crippen molar-refractivity contribution in [3.8, 4) is 0 Å². The Kier molecular flexibility index (Phi) is 8.27. The molecule has 0 aliphatic carbocycles. The topological polar surface area (TPSA) is 55.2 Å². The average molecular weight is 190 g/mol. The van der Waals surface area contributed by atoms with Crippen molar-refractivity contribution in [2.75, 3.05) is 0 Å². The lowest BCUT2D eigenvalue weighted by molar-refractivity contribution is 0.173. The summed E-state index contributed by atoms with van der Waals surface area (Å²) < 4.78 is 0. The third-order valence-corrected chi connectivity index (χ3v) is 1.57. The van der Waals surface area contributed by atoms with Crippen LogP contribution in [0.1, 0.15) is 25.0 Å². The fourth-order valence-corrected chi connectivity index (χ4v) is 0.911. The van der Waals surface area contributed by atoms with Gasteiger partial charge in [0.15, 0.2) is 0 Å². The van der Waals surface area contributed by atoms with E-state index in [1.807, 2.05) is 37.3 Å². The molecule has 1 aromatic rings.